The SMILES string of the molecule is O=C(C1CCN(Cc2ccc3c(c2)OCO3)CC1)N1CCN(c2ccccc2)CC1.O=C(O)C(=O)O. The van der Waals surface area contributed by atoms with Gasteiger partial charge >= 0.3 is 11.9 Å². The molecule has 3 heterocycles. The van der Waals surface area contributed by atoms with Crippen LogP contribution in [0.15, 0.2) is 48.5 Å². The van der Waals surface area contributed by atoms with Crippen LogP contribution < -0.4 is 14.4 Å². The largest absolute Gasteiger partial charge is 0.473 e. The van der Waals surface area contributed by atoms with Crippen molar-refractivity contribution in [1.82, 2.24) is 9.80 Å². The molecule has 0 spiro atoms. The predicted molar refractivity (Wildman–Crippen MR) is 131 cm³/mol. The van der Waals surface area contributed by atoms with Crippen molar-refractivity contribution in [2.24, 2.45) is 5.92 Å². The maximum absolute atomic E-state index is 13.0. The van der Waals surface area contributed by atoms with Crippen molar-refractivity contribution in [3.05, 3.63) is 54.1 Å². The van der Waals surface area contributed by atoms with E-state index in [4.69, 9.17) is 29.3 Å². The monoisotopic (exact) mass is 497 g/mol. The Labute approximate surface area is 209 Å². The lowest BCUT2D eigenvalue weighted by atomic mass is 9.94. The van der Waals surface area contributed by atoms with Gasteiger partial charge in [0.1, 0.15) is 0 Å². The smallest absolute Gasteiger partial charge is 0.414 e. The summed E-state index contributed by atoms with van der Waals surface area (Å²) in [7, 11) is 0. The van der Waals surface area contributed by atoms with Crippen molar-refractivity contribution in [2.75, 3.05) is 51.0 Å². The summed E-state index contributed by atoms with van der Waals surface area (Å²) < 4.78 is 10.9. The number of hydrogen-bond donors (Lipinski definition) is 2. The molecule has 3 aliphatic rings. The summed E-state index contributed by atoms with van der Waals surface area (Å²) in [5.74, 6) is -1.46. The average Bonchev–Trinajstić information content (AvgIpc) is 3.38. The molecule has 2 aromatic carbocycles. The second-order valence-electron chi connectivity index (χ2n) is 9.00. The van der Waals surface area contributed by atoms with Crippen molar-refractivity contribution < 1.29 is 34.1 Å². The van der Waals surface area contributed by atoms with Gasteiger partial charge in [0.25, 0.3) is 0 Å². The van der Waals surface area contributed by atoms with E-state index in [-0.39, 0.29) is 5.92 Å². The van der Waals surface area contributed by atoms with E-state index in [1.54, 1.807) is 0 Å². The Morgan fingerprint density at radius 2 is 1.44 bits per heavy atom. The van der Waals surface area contributed by atoms with E-state index in [9.17, 15) is 4.79 Å². The number of piperidine rings is 1. The van der Waals surface area contributed by atoms with Crippen molar-refractivity contribution >= 4 is 23.5 Å². The number of hydrogen-bond acceptors (Lipinski definition) is 7. The second-order valence-corrected chi connectivity index (χ2v) is 9.00. The molecule has 2 aromatic rings. The van der Waals surface area contributed by atoms with E-state index in [0.717, 1.165) is 70.2 Å². The van der Waals surface area contributed by atoms with Gasteiger partial charge in [0.05, 0.1) is 0 Å². The number of likely N-dealkylation sites (tertiary alicyclic amines) is 1. The Bertz CT molecular complexity index is 1050. The van der Waals surface area contributed by atoms with Crippen molar-refractivity contribution in [2.45, 2.75) is 19.4 Å². The molecule has 2 N–H and O–H groups in total. The zero-order chi connectivity index (χ0) is 25.5. The second kappa shape index (κ2) is 11.8. The number of aliphatic carboxylic acids is 2. The highest BCUT2D eigenvalue weighted by atomic mass is 16.7. The summed E-state index contributed by atoms with van der Waals surface area (Å²) in [6, 6.07) is 16.7. The number of fused-ring (bicyclic) bond motifs is 1. The number of para-hydroxylation sites is 1. The predicted octanol–water partition coefficient (Wildman–Crippen LogP) is 2.13. The Balaban J connectivity index is 0.000000455. The molecule has 192 valence electrons. The molecule has 10 heteroatoms. The molecule has 0 bridgehead atoms. The highest BCUT2D eigenvalue weighted by molar-refractivity contribution is 6.27. The van der Waals surface area contributed by atoms with Gasteiger partial charge in [0.15, 0.2) is 11.5 Å². The van der Waals surface area contributed by atoms with Gasteiger partial charge in [-0.3, -0.25) is 9.69 Å². The fraction of sp³-hybridized carbons (Fsp3) is 0.423. The normalized spacial score (nSPS) is 17.8. The zero-order valence-electron chi connectivity index (χ0n) is 20.0. The van der Waals surface area contributed by atoms with Crippen LogP contribution in [0.5, 0.6) is 11.5 Å². The quantitative estimate of drug-likeness (QED) is 0.612. The number of anilines is 1. The summed E-state index contributed by atoms with van der Waals surface area (Å²) in [6.07, 6.45) is 1.89. The molecular formula is C26H31N3O7. The molecule has 5 rings (SSSR count). The number of carboxylic acids is 2. The molecule has 0 unspecified atom stereocenters. The molecule has 36 heavy (non-hydrogen) atoms. The van der Waals surface area contributed by atoms with Gasteiger partial charge in [0.2, 0.25) is 12.7 Å². The molecule has 10 nitrogen and oxygen atoms in total. The first kappa shape index (κ1) is 25.3. The van der Waals surface area contributed by atoms with Crippen LogP contribution in [0.3, 0.4) is 0 Å². The standard InChI is InChI=1S/C24H29N3O3.C2H2O4/c28-24(27-14-12-26(13-15-27)21-4-2-1-3-5-21)20-8-10-25(11-9-20)17-19-6-7-22-23(16-19)30-18-29-22;3-1(4)2(5)6/h1-7,16,20H,8-15,17-18H2;(H,3,4)(H,5,6). The maximum Gasteiger partial charge on any atom is 0.414 e. The lowest BCUT2D eigenvalue weighted by Gasteiger charge is -2.39. The van der Waals surface area contributed by atoms with Crippen molar-refractivity contribution in [3.8, 4) is 11.5 Å². The van der Waals surface area contributed by atoms with Crippen LogP contribution in [0.4, 0.5) is 5.69 Å². The molecule has 0 radical (unpaired) electrons. The first-order valence-electron chi connectivity index (χ1n) is 12.1. The lowest BCUT2D eigenvalue weighted by Crippen LogP contribution is -2.51. The third kappa shape index (κ3) is 6.45. The third-order valence-corrected chi connectivity index (χ3v) is 6.68. The van der Waals surface area contributed by atoms with Gasteiger partial charge in [-0.15, -0.1) is 0 Å². The number of carbonyl (C=O) groups is 3. The first-order valence-corrected chi connectivity index (χ1v) is 12.1. The maximum atomic E-state index is 13.0. The Kier molecular flexibility index (Phi) is 8.27. The third-order valence-electron chi connectivity index (χ3n) is 6.68. The van der Waals surface area contributed by atoms with Crippen LogP contribution >= 0.6 is 0 Å². The van der Waals surface area contributed by atoms with Gasteiger partial charge in [-0.1, -0.05) is 24.3 Å². The Morgan fingerprint density at radius 3 is 2.08 bits per heavy atom. The molecule has 2 fully saturated rings. The van der Waals surface area contributed by atoms with Crippen molar-refractivity contribution in [1.29, 1.82) is 0 Å². The summed E-state index contributed by atoms with van der Waals surface area (Å²) in [4.78, 5) is 38.1. The Morgan fingerprint density at radius 1 is 0.806 bits per heavy atom. The number of carboxylic acid groups (broad SMARTS) is 2. The highest BCUT2D eigenvalue weighted by Gasteiger charge is 2.30. The van der Waals surface area contributed by atoms with Crippen LogP contribution in [-0.2, 0) is 20.9 Å². The lowest BCUT2D eigenvalue weighted by molar-refractivity contribution is -0.159. The molecule has 0 saturated carbocycles. The van der Waals surface area contributed by atoms with Gasteiger partial charge in [-0.05, 0) is 55.8 Å². The molecule has 0 atom stereocenters. The number of piperazine rings is 1. The summed E-state index contributed by atoms with van der Waals surface area (Å²) in [5, 5.41) is 14.8. The summed E-state index contributed by atoms with van der Waals surface area (Å²) in [5.41, 5.74) is 2.49. The van der Waals surface area contributed by atoms with E-state index in [2.05, 4.69) is 51.1 Å². The van der Waals surface area contributed by atoms with Crippen LogP contribution in [0, 0.1) is 5.92 Å². The number of rotatable bonds is 4. The van der Waals surface area contributed by atoms with E-state index in [1.807, 2.05) is 12.1 Å². The van der Waals surface area contributed by atoms with Crippen LogP contribution in [0.1, 0.15) is 18.4 Å². The molecule has 2 saturated heterocycles. The average molecular weight is 498 g/mol. The Hall–Kier alpha value is -3.79. The minimum Gasteiger partial charge on any atom is -0.473 e. The van der Waals surface area contributed by atoms with E-state index in [0.29, 0.717) is 12.7 Å². The van der Waals surface area contributed by atoms with Gasteiger partial charge in [0, 0.05) is 44.3 Å². The minimum atomic E-state index is -1.82. The van der Waals surface area contributed by atoms with Gasteiger partial charge in [-0.25, -0.2) is 9.59 Å². The minimum absolute atomic E-state index is 0.168. The summed E-state index contributed by atoms with van der Waals surface area (Å²) >= 11 is 0. The zero-order valence-corrected chi connectivity index (χ0v) is 20.0. The molecule has 3 aliphatic heterocycles. The van der Waals surface area contributed by atoms with Gasteiger partial charge in [-0.2, -0.15) is 0 Å². The first-order chi connectivity index (χ1) is 17.4. The molecule has 0 aliphatic carbocycles. The number of nitrogens with zero attached hydrogens (tertiary/aromatic N) is 3. The fourth-order valence-electron chi connectivity index (χ4n) is 4.72. The number of ether oxygens (including phenoxy) is 2. The molecule has 1 amide bonds. The van der Waals surface area contributed by atoms with Gasteiger partial charge < -0.3 is 29.5 Å². The van der Waals surface area contributed by atoms with E-state index < -0.39 is 11.9 Å². The topological polar surface area (TPSA) is 120 Å². The van der Waals surface area contributed by atoms with Crippen LogP contribution in [0.25, 0.3) is 0 Å². The number of benzene rings is 2. The summed E-state index contributed by atoms with van der Waals surface area (Å²) in [6.45, 7) is 6.62. The molecule has 0 aromatic heterocycles. The van der Waals surface area contributed by atoms with E-state index >= 15 is 0 Å². The van der Waals surface area contributed by atoms with Crippen LogP contribution in [-0.4, -0.2) is 83.9 Å². The molecular weight excluding hydrogens is 466 g/mol. The van der Waals surface area contributed by atoms with Crippen LogP contribution in [0.2, 0.25) is 0 Å². The van der Waals surface area contributed by atoms with E-state index in [1.165, 1.54) is 11.3 Å². The number of carbonyl (C=O) groups excluding carboxylic acids is 1. The fourth-order valence-corrected chi connectivity index (χ4v) is 4.72. The number of amides is 1. The highest BCUT2D eigenvalue weighted by Crippen LogP contribution is 2.33. The van der Waals surface area contributed by atoms with Crippen molar-refractivity contribution in [3.63, 3.8) is 0 Å².